The Balaban J connectivity index is 4.35. The Hall–Kier alpha value is -0.630. The summed E-state index contributed by atoms with van der Waals surface area (Å²) in [6.07, 6.45) is 1.38. The molecule has 3 N–H and O–H groups in total. The third-order valence-corrected chi connectivity index (χ3v) is 6.08. The van der Waals surface area contributed by atoms with Gasteiger partial charge in [-0.25, -0.2) is 0 Å². The van der Waals surface area contributed by atoms with E-state index >= 15 is 0 Å². The van der Waals surface area contributed by atoms with E-state index in [1.807, 2.05) is 39.5 Å². The number of rotatable bonds is 16. The molecule has 0 aromatic heterocycles. The van der Waals surface area contributed by atoms with E-state index in [4.69, 9.17) is 4.74 Å². The first kappa shape index (κ1) is 30.4. The molecular formula is C24H48N2O4S. The number of aliphatic hydroxyl groups is 1. The summed E-state index contributed by atoms with van der Waals surface area (Å²) in [6.45, 7) is 22.1. The Morgan fingerprint density at radius 3 is 2.03 bits per heavy atom. The predicted molar refractivity (Wildman–Crippen MR) is 131 cm³/mol. The van der Waals surface area contributed by atoms with Gasteiger partial charge in [0, 0.05) is 23.1 Å². The number of carbonyl (C=O) groups is 2. The number of ketones is 1. The maximum absolute atomic E-state index is 12.4. The van der Waals surface area contributed by atoms with Gasteiger partial charge in [-0.15, -0.1) is 0 Å². The third kappa shape index (κ3) is 16.6. The second-order valence-electron chi connectivity index (χ2n) is 11.5. The molecule has 7 heteroatoms. The molecule has 31 heavy (non-hydrogen) atoms. The molecule has 1 atom stereocenters. The lowest BCUT2D eigenvalue weighted by Gasteiger charge is -2.31. The summed E-state index contributed by atoms with van der Waals surface area (Å²) in [5, 5.41) is 17.1. The first-order valence-electron chi connectivity index (χ1n) is 11.3. The second kappa shape index (κ2) is 12.6. The van der Waals surface area contributed by atoms with Gasteiger partial charge in [0.05, 0.1) is 19.6 Å². The van der Waals surface area contributed by atoms with Gasteiger partial charge in [0.15, 0.2) is 0 Å². The number of hydrogen-bond donors (Lipinski definition) is 3. The molecule has 184 valence electrons. The monoisotopic (exact) mass is 460 g/mol. The zero-order chi connectivity index (χ0) is 24.5. The lowest BCUT2D eigenvalue weighted by molar-refractivity contribution is -0.127. The predicted octanol–water partition coefficient (Wildman–Crippen LogP) is 4.15. The van der Waals surface area contributed by atoms with Gasteiger partial charge in [0.1, 0.15) is 11.5 Å². The van der Waals surface area contributed by atoms with Crippen LogP contribution < -0.4 is 10.6 Å². The number of Topliss-reactive ketones (excluding diaryl/α,β-unsaturated/α-hetero) is 1. The van der Waals surface area contributed by atoms with Crippen molar-refractivity contribution in [1.82, 2.24) is 10.6 Å². The Kier molecular flexibility index (Phi) is 12.3. The lowest BCUT2D eigenvalue weighted by Crippen LogP contribution is -2.48. The van der Waals surface area contributed by atoms with Crippen LogP contribution in [0.2, 0.25) is 0 Å². The van der Waals surface area contributed by atoms with Gasteiger partial charge in [-0.3, -0.25) is 10.1 Å². The van der Waals surface area contributed by atoms with Crippen LogP contribution in [0, 0.1) is 10.8 Å². The van der Waals surface area contributed by atoms with Crippen molar-refractivity contribution in [3.8, 4) is 0 Å². The molecule has 0 saturated heterocycles. The van der Waals surface area contributed by atoms with E-state index in [0.29, 0.717) is 38.0 Å². The number of thioether (sulfide) groups is 1. The molecule has 0 fully saturated rings. The van der Waals surface area contributed by atoms with Gasteiger partial charge < -0.3 is 20.0 Å². The van der Waals surface area contributed by atoms with E-state index in [2.05, 4.69) is 38.3 Å². The van der Waals surface area contributed by atoms with Gasteiger partial charge in [-0.2, -0.15) is 11.8 Å². The zero-order valence-corrected chi connectivity index (χ0v) is 22.4. The highest BCUT2D eigenvalue weighted by atomic mass is 32.2. The summed E-state index contributed by atoms with van der Waals surface area (Å²) in [4.78, 5) is 23.7. The van der Waals surface area contributed by atoms with Crippen molar-refractivity contribution in [1.29, 1.82) is 0 Å². The quantitative estimate of drug-likeness (QED) is 0.300. The van der Waals surface area contributed by atoms with E-state index < -0.39 is 5.72 Å². The Morgan fingerprint density at radius 2 is 1.52 bits per heavy atom. The van der Waals surface area contributed by atoms with Gasteiger partial charge in [-0.05, 0) is 37.5 Å². The molecule has 0 aliphatic carbocycles. The van der Waals surface area contributed by atoms with Crippen molar-refractivity contribution in [3.63, 3.8) is 0 Å². The van der Waals surface area contributed by atoms with Crippen LogP contribution in [0.15, 0.2) is 0 Å². The normalized spacial score (nSPS) is 15.1. The van der Waals surface area contributed by atoms with Crippen molar-refractivity contribution in [2.45, 2.75) is 104 Å². The molecule has 0 saturated carbocycles. The third-order valence-electron chi connectivity index (χ3n) is 4.77. The molecule has 1 unspecified atom stereocenters. The van der Waals surface area contributed by atoms with Crippen molar-refractivity contribution in [2.75, 3.05) is 26.3 Å². The Labute approximate surface area is 195 Å². The molecule has 0 aliphatic heterocycles. The highest BCUT2D eigenvalue weighted by Gasteiger charge is 2.28. The zero-order valence-electron chi connectivity index (χ0n) is 21.6. The molecule has 0 rings (SSSR count). The smallest absolute Gasteiger partial charge is 0.224 e. The molecule has 0 bridgehead atoms. The lowest BCUT2D eigenvalue weighted by atomic mass is 9.88. The molecule has 0 spiro atoms. The molecule has 0 aromatic rings. The van der Waals surface area contributed by atoms with E-state index in [-0.39, 0.29) is 33.7 Å². The van der Waals surface area contributed by atoms with Crippen LogP contribution in [0.1, 0.15) is 88.5 Å². The first-order valence-corrected chi connectivity index (χ1v) is 12.2. The number of ether oxygens (including phenoxy) is 1. The van der Waals surface area contributed by atoms with Gasteiger partial charge in [-0.1, -0.05) is 55.4 Å². The van der Waals surface area contributed by atoms with Crippen LogP contribution in [0.4, 0.5) is 0 Å². The average molecular weight is 461 g/mol. The minimum atomic E-state index is -1.25. The van der Waals surface area contributed by atoms with Crippen LogP contribution in [0.3, 0.4) is 0 Å². The first-order chi connectivity index (χ1) is 13.8. The number of carbonyl (C=O) groups excluding carboxylic acids is 2. The molecule has 0 aromatic carbocycles. The van der Waals surface area contributed by atoms with Gasteiger partial charge in [0.2, 0.25) is 5.91 Å². The maximum atomic E-state index is 12.4. The molecule has 0 radical (unpaired) electrons. The summed E-state index contributed by atoms with van der Waals surface area (Å²) in [6, 6.07) is 0. The summed E-state index contributed by atoms with van der Waals surface area (Å²) in [5.41, 5.74) is -1.70. The summed E-state index contributed by atoms with van der Waals surface area (Å²) < 4.78 is 5.96. The van der Waals surface area contributed by atoms with Crippen molar-refractivity contribution >= 4 is 23.5 Å². The average Bonchev–Trinajstić information content (AvgIpc) is 2.49. The summed E-state index contributed by atoms with van der Waals surface area (Å²) in [5.74, 6) is -0.0404. The van der Waals surface area contributed by atoms with Crippen molar-refractivity contribution in [3.05, 3.63) is 0 Å². The van der Waals surface area contributed by atoms with Crippen molar-refractivity contribution < 1.29 is 19.4 Å². The van der Waals surface area contributed by atoms with E-state index in [1.165, 1.54) is 0 Å². The SMILES string of the molecule is CC(=O)CC(C)(C)COCC(C)(C)CNC(=O)CC(C)(O)NCCC(C)(C)SC(C)C. The van der Waals surface area contributed by atoms with Crippen molar-refractivity contribution in [2.24, 2.45) is 10.8 Å². The fourth-order valence-corrected chi connectivity index (χ4v) is 4.98. The van der Waals surface area contributed by atoms with Gasteiger partial charge in [0.25, 0.3) is 0 Å². The fraction of sp³-hybridized carbons (Fsp3) is 0.917. The molecule has 0 aliphatic rings. The van der Waals surface area contributed by atoms with Crippen LogP contribution in [-0.2, 0) is 14.3 Å². The fourth-order valence-electron chi connectivity index (χ4n) is 3.48. The number of amides is 1. The topological polar surface area (TPSA) is 87.7 Å². The largest absolute Gasteiger partial charge is 0.380 e. The molecule has 0 heterocycles. The van der Waals surface area contributed by atoms with E-state index in [1.54, 1.807) is 13.8 Å². The molecular weight excluding hydrogens is 412 g/mol. The summed E-state index contributed by atoms with van der Waals surface area (Å²) in [7, 11) is 0. The Bertz CT molecular complexity index is 572. The summed E-state index contributed by atoms with van der Waals surface area (Å²) >= 11 is 1.91. The number of nitrogens with one attached hydrogen (secondary N) is 2. The highest BCUT2D eigenvalue weighted by Crippen LogP contribution is 2.31. The van der Waals surface area contributed by atoms with Crippen LogP contribution in [0.5, 0.6) is 0 Å². The molecule has 1 amide bonds. The second-order valence-corrected chi connectivity index (χ2v) is 13.8. The standard InChI is InChI=1S/C24H48N2O4S/c1-18(2)31-23(8,9)11-12-26-24(10,29)14-20(28)25-15-22(6,7)17-30-16-21(4,5)13-19(3)27/h18,26,29H,11-17H2,1-10H3,(H,25,28). The maximum Gasteiger partial charge on any atom is 0.224 e. The minimum Gasteiger partial charge on any atom is -0.380 e. The van der Waals surface area contributed by atoms with Crippen LogP contribution in [0.25, 0.3) is 0 Å². The van der Waals surface area contributed by atoms with E-state index in [9.17, 15) is 14.7 Å². The van der Waals surface area contributed by atoms with Crippen LogP contribution >= 0.6 is 11.8 Å². The van der Waals surface area contributed by atoms with Crippen LogP contribution in [-0.4, -0.2) is 58.8 Å². The van der Waals surface area contributed by atoms with Gasteiger partial charge >= 0.3 is 0 Å². The highest BCUT2D eigenvalue weighted by molar-refractivity contribution is 8.01. The Morgan fingerprint density at radius 1 is 0.968 bits per heavy atom. The molecule has 6 nitrogen and oxygen atoms in total. The minimum absolute atomic E-state index is 0.00662. The van der Waals surface area contributed by atoms with E-state index in [0.717, 1.165) is 6.42 Å². The number of hydrogen-bond acceptors (Lipinski definition) is 6.